The molecule has 0 spiro atoms. The van der Waals surface area contributed by atoms with E-state index in [0.717, 1.165) is 18.8 Å². The molecule has 5 atom stereocenters. The van der Waals surface area contributed by atoms with E-state index in [-0.39, 0.29) is 16.9 Å². The molecule has 3 heteroatoms. The van der Waals surface area contributed by atoms with Crippen molar-refractivity contribution in [1.82, 2.24) is 4.84 Å². The van der Waals surface area contributed by atoms with Gasteiger partial charge in [-0.1, -0.05) is 13.8 Å². The van der Waals surface area contributed by atoms with E-state index in [4.69, 9.17) is 11.8 Å². The smallest absolute Gasteiger partial charge is 0.135 e. The summed E-state index contributed by atoms with van der Waals surface area (Å²) in [5.41, 5.74) is 0.432. The molecule has 5 unspecified atom stereocenters. The van der Waals surface area contributed by atoms with Gasteiger partial charge >= 0.3 is 0 Å². The predicted octanol–water partition coefficient (Wildman–Crippen LogP) is 3.29. The van der Waals surface area contributed by atoms with Gasteiger partial charge < -0.3 is 0 Å². The quantitative estimate of drug-likeness (QED) is 0.768. The summed E-state index contributed by atoms with van der Waals surface area (Å²) in [6, 6.07) is 0. The van der Waals surface area contributed by atoms with Crippen molar-refractivity contribution >= 4 is 17.6 Å². The second kappa shape index (κ2) is 3.27. The molecular weight excluding hydrogens is 234 g/mol. The third-order valence-electron chi connectivity index (χ3n) is 5.61. The third kappa shape index (κ3) is 1.46. The van der Waals surface area contributed by atoms with Crippen LogP contribution in [0, 0.1) is 22.7 Å². The van der Waals surface area contributed by atoms with Gasteiger partial charge in [-0.2, -0.15) is 0 Å². The molecule has 0 heterocycles. The van der Waals surface area contributed by atoms with Crippen LogP contribution in [0.25, 0.3) is 0 Å². The number of hydrogen-bond acceptors (Lipinski definition) is 2. The molecule has 0 aromatic carbocycles. The van der Waals surface area contributed by atoms with Crippen LogP contribution in [0.1, 0.15) is 52.9 Å². The van der Waals surface area contributed by atoms with E-state index in [9.17, 15) is 4.79 Å². The fourth-order valence-electron chi connectivity index (χ4n) is 6.29. The lowest BCUT2D eigenvalue weighted by Gasteiger charge is -2.68. The lowest BCUT2D eigenvalue weighted by atomic mass is 9.38. The number of rotatable bonds is 2. The summed E-state index contributed by atoms with van der Waals surface area (Å²) < 4.78 is 0. The molecule has 4 aliphatic carbocycles. The van der Waals surface area contributed by atoms with Gasteiger partial charge in [0.15, 0.2) is 0 Å². The van der Waals surface area contributed by atoms with Crippen molar-refractivity contribution < 1.29 is 4.79 Å². The van der Waals surface area contributed by atoms with E-state index < -0.39 is 0 Å². The van der Waals surface area contributed by atoms with Crippen molar-refractivity contribution in [3.63, 3.8) is 0 Å². The van der Waals surface area contributed by atoms with Crippen LogP contribution >= 0.6 is 11.8 Å². The average Bonchev–Trinajstić information content (AvgIpc) is 2.11. The Morgan fingerprint density at radius 2 is 1.94 bits per heavy atom. The van der Waals surface area contributed by atoms with E-state index in [2.05, 4.69) is 18.7 Å². The van der Waals surface area contributed by atoms with E-state index >= 15 is 0 Å². The Kier molecular flexibility index (Phi) is 2.30. The van der Waals surface area contributed by atoms with Crippen LogP contribution < -0.4 is 4.84 Å². The molecule has 0 radical (unpaired) electrons. The highest BCUT2D eigenvalue weighted by molar-refractivity contribution is 6.14. The van der Waals surface area contributed by atoms with Crippen LogP contribution in [-0.2, 0) is 4.79 Å². The minimum atomic E-state index is -0.129. The zero-order chi connectivity index (χ0) is 12.5. The van der Waals surface area contributed by atoms with Crippen molar-refractivity contribution in [3.8, 4) is 0 Å². The predicted molar refractivity (Wildman–Crippen MR) is 68.7 cm³/mol. The largest absolute Gasteiger partial charge is 0.300 e. The molecule has 4 aliphatic rings. The van der Waals surface area contributed by atoms with E-state index in [1.165, 1.54) is 19.3 Å². The zero-order valence-corrected chi connectivity index (χ0v) is 11.7. The van der Waals surface area contributed by atoms with Gasteiger partial charge in [0.05, 0.1) is 0 Å². The van der Waals surface area contributed by atoms with Crippen LogP contribution in [0.15, 0.2) is 0 Å². The first-order valence-electron chi connectivity index (χ1n) is 6.71. The summed E-state index contributed by atoms with van der Waals surface area (Å²) >= 11 is 6.08. The van der Waals surface area contributed by atoms with Crippen LogP contribution in [0.3, 0.4) is 0 Å². The molecule has 4 bridgehead atoms. The summed E-state index contributed by atoms with van der Waals surface area (Å²) in [5.74, 6) is 1.19. The first kappa shape index (κ1) is 12.0. The molecule has 17 heavy (non-hydrogen) atoms. The normalized spacial score (nSPS) is 56.2. The van der Waals surface area contributed by atoms with Gasteiger partial charge in [-0.25, -0.2) is 4.84 Å². The summed E-state index contributed by atoms with van der Waals surface area (Å²) in [5, 5.41) is 0. The maximum atomic E-state index is 12.1. The Morgan fingerprint density at radius 3 is 2.47 bits per heavy atom. The minimum Gasteiger partial charge on any atom is -0.300 e. The first-order valence-corrected chi connectivity index (χ1v) is 7.09. The maximum absolute atomic E-state index is 12.1. The number of nitrogens with one attached hydrogen (secondary N) is 1. The maximum Gasteiger partial charge on any atom is 0.135 e. The average molecular weight is 256 g/mol. The number of carbonyl (C=O) groups is 1. The van der Waals surface area contributed by atoms with Crippen LogP contribution in [0.5, 0.6) is 0 Å². The number of ketones is 1. The summed E-state index contributed by atoms with van der Waals surface area (Å²) in [6.45, 7) is 6.44. The molecule has 4 saturated carbocycles. The van der Waals surface area contributed by atoms with Crippen molar-refractivity contribution in [1.29, 1.82) is 0 Å². The number of hydrogen-bond donors (Lipinski definition) is 1. The Hall–Kier alpha value is -0.0800. The van der Waals surface area contributed by atoms with Gasteiger partial charge in [0, 0.05) is 11.5 Å². The van der Waals surface area contributed by atoms with Crippen LogP contribution in [0.2, 0.25) is 0 Å². The van der Waals surface area contributed by atoms with Gasteiger partial charge in [0.1, 0.15) is 5.78 Å². The molecule has 0 amide bonds. The van der Waals surface area contributed by atoms with Crippen LogP contribution in [-0.4, -0.2) is 11.3 Å². The highest BCUT2D eigenvalue weighted by atomic mass is 35.5. The monoisotopic (exact) mass is 255 g/mol. The Labute approximate surface area is 109 Å². The SMILES string of the molecule is CC(=O)C1C2(C)CC3CC(C)(C2)CC1(NCl)C3. The van der Waals surface area contributed by atoms with Crippen molar-refractivity contribution in [2.24, 2.45) is 22.7 Å². The molecule has 0 aromatic heterocycles. The van der Waals surface area contributed by atoms with E-state index in [0.29, 0.717) is 11.2 Å². The molecular formula is C14H22ClNO. The van der Waals surface area contributed by atoms with Crippen molar-refractivity contribution in [2.75, 3.05) is 0 Å². The Bertz CT molecular complexity index is 384. The van der Waals surface area contributed by atoms with Gasteiger partial charge in [-0.05, 0) is 67.6 Å². The zero-order valence-electron chi connectivity index (χ0n) is 11.0. The molecule has 0 saturated heterocycles. The summed E-state index contributed by atoms with van der Waals surface area (Å²) in [6.07, 6.45) is 5.90. The lowest BCUT2D eigenvalue weighted by molar-refractivity contribution is -0.170. The molecule has 0 aliphatic heterocycles. The lowest BCUT2D eigenvalue weighted by Crippen LogP contribution is -2.69. The topological polar surface area (TPSA) is 29.1 Å². The second-order valence-electron chi connectivity index (χ2n) is 7.59. The number of halogens is 1. The molecule has 4 fully saturated rings. The minimum absolute atomic E-state index is 0.108. The van der Waals surface area contributed by atoms with Crippen molar-refractivity contribution in [2.45, 2.75) is 58.4 Å². The molecule has 4 rings (SSSR count). The van der Waals surface area contributed by atoms with Crippen molar-refractivity contribution in [3.05, 3.63) is 0 Å². The highest BCUT2D eigenvalue weighted by Gasteiger charge is 2.66. The van der Waals surface area contributed by atoms with Gasteiger partial charge in [0.25, 0.3) is 0 Å². The fourth-order valence-corrected chi connectivity index (χ4v) is 6.54. The van der Waals surface area contributed by atoms with Crippen LogP contribution in [0.4, 0.5) is 0 Å². The molecule has 1 N–H and O–H groups in total. The first-order chi connectivity index (χ1) is 7.83. The number of Topliss-reactive ketones (excluding diaryl/α,β-unsaturated/α-hetero) is 1. The van der Waals surface area contributed by atoms with Gasteiger partial charge in [-0.15, -0.1) is 0 Å². The number of carbonyl (C=O) groups excluding carboxylic acids is 1. The van der Waals surface area contributed by atoms with Gasteiger partial charge in [0.2, 0.25) is 0 Å². The molecule has 0 aromatic rings. The highest BCUT2D eigenvalue weighted by Crippen LogP contribution is 2.68. The Balaban J connectivity index is 2.10. The summed E-state index contributed by atoms with van der Waals surface area (Å²) in [4.78, 5) is 15.2. The fraction of sp³-hybridized carbons (Fsp3) is 0.929. The Morgan fingerprint density at radius 1 is 1.24 bits per heavy atom. The molecule has 2 nitrogen and oxygen atoms in total. The standard InChI is InChI=1S/C14H22ClNO/c1-9(17)11-13(3)5-10-4-12(2,7-13)8-14(11,6-10)16-15/h10-11,16H,4-8H2,1-3H3. The third-order valence-corrected chi connectivity index (χ3v) is 5.98. The van der Waals surface area contributed by atoms with E-state index in [1.54, 1.807) is 6.92 Å². The van der Waals surface area contributed by atoms with E-state index in [1.807, 2.05) is 0 Å². The molecule has 96 valence electrons. The summed E-state index contributed by atoms with van der Waals surface area (Å²) in [7, 11) is 0. The van der Waals surface area contributed by atoms with Gasteiger partial charge in [-0.3, -0.25) is 4.79 Å². The second-order valence-corrected chi connectivity index (χ2v) is 7.78.